The van der Waals surface area contributed by atoms with Crippen molar-refractivity contribution in [1.29, 1.82) is 0 Å². The molecule has 19 heavy (non-hydrogen) atoms. The van der Waals surface area contributed by atoms with E-state index in [1.807, 2.05) is 4.90 Å². The number of carbonyl (C=O) groups excluding carboxylic acids is 1. The molecule has 1 saturated heterocycles. The van der Waals surface area contributed by atoms with Gasteiger partial charge in [-0.1, -0.05) is 0 Å². The van der Waals surface area contributed by atoms with E-state index in [4.69, 9.17) is 4.74 Å². The van der Waals surface area contributed by atoms with Crippen molar-refractivity contribution in [2.24, 2.45) is 0 Å². The van der Waals surface area contributed by atoms with Crippen LogP contribution in [0.1, 0.15) is 26.2 Å². The van der Waals surface area contributed by atoms with Crippen LogP contribution in [-0.2, 0) is 4.79 Å². The number of rotatable bonds is 3. The van der Waals surface area contributed by atoms with E-state index in [1.165, 1.54) is 18.6 Å². The zero-order valence-corrected chi connectivity index (χ0v) is 12.5. The lowest BCUT2D eigenvalue weighted by Crippen LogP contribution is -2.43. The van der Waals surface area contributed by atoms with Crippen molar-refractivity contribution in [3.8, 4) is 5.75 Å². The lowest BCUT2D eigenvalue weighted by molar-refractivity contribution is -0.138. The molecule has 104 valence electrons. The van der Waals surface area contributed by atoms with Gasteiger partial charge in [0.2, 0.25) is 0 Å². The fourth-order valence-corrected chi connectivity index (χ4v) is 2.52. The maximum atomic E-state index is 13.2. The van der Waals surface area contributed by atoms with Gasteiger partial charge in [-0.15, -0.1) is 0 Å². The highest BCUT2D eigenvalue weighted by Crippen LogP contribution is 2.27. The van der Waals surface area contributed by atoms with Crippen LogP contribution in [0.3, 0.4) is 0 Å². The second kappa shape index (κ2) is 6.37. The van der Waals surface area contributed by atoms with E-state index < -0.39 is 6.10 Å². The summed E-state index contributed by atoms with van der Waals surface area (Å²) < 4.78 is 19.4. The molecule has 1 heterocycles. The highest BCUT2D eigenvalue weighted by atomic mass is 79.9. The summed E-state index contributed by atoms with van der Waals surface area (Å²) in [5.41, 5.74) is 0. The summed E-state index contributed by atoms with van der Waals surface area (Å²) in [6.07, 6.45) is 2.66. The molecular formula is C14H17BrFNO2. The van der Waals surface area contributed by atoms with Crippen LogP contribution in [0, 0.1) is 5.82 Å². The average molecular weight is 330 g/mol. The molecule has 0 saturated carbocycles. The first-order valence-corrected chi connectivity index (χ1v) is 7.28. The van der Waals surface area contributed by atoms with Crippen LogP contribution >= 0.6 is 15.9 Å². The Labute approximate surface area is 120 Å². The van der Waals surface area contributed by atoms with Crippen molar-refractivity contribution in [3.63, 3.8) is 0 Å². The molecule has 1 aromatic carbocycles. The van der Waals surface area contributed by atoms with Gasteiger partial charge in [-0.25, -0.2) is 4.39 Å². The highest BCUT2D eigenvalue weighted by Gasteiger charge is 2.24. The third kappa shape index (κ3) is 3.69. The summed E-state index contributed by atoms with van der Waals surface area (Å²) in [6, 6.07) is 4.20. The van der Waals surface area contributed by atoms with E-state index in [-0.39, 0.29) is 11.7 Å². The molecule has 1 atom stereocenters. The molecule has 0 bridgehead atoms. The molecule has 1 amide bonds. The lowest BCUT2D eigenvalue weighted by Gasteiger charge is -2.29. The summed E-state index contributed by atoms with van der Waals surface area (Å²) in [5.74, 6) is -0.0513. The fourth-order valence-electron chi connectivity index (χ4n) is 2.18. The van der Waals surface area contributed by atoms with Crippen molar-refractivity contribution < 1.29 is 13.9 Å². The largest absolute Gasteiger partial charge is 0.480 e. The predicted molar refractivity (Wildman–Crippen MR) is 74.6 cm³/mol. The maximum absolute atomic E-state index is 13.2. The SMILES string of the molecule is CC(Oc1cc(F)ccc1Br)C(=O)N1CCCCC1. The van der Waals surface area contributed by atoms with Crippen LogP contribution in [0.2, 0.25) is 0 Å². The minimum atomic E-state index is -0.601. The molecule has 1 aromatic rings. The van der Waals surface area contributed by atoms with Crippen LogP contribution in [-0.4, -0.2) is 30.0 Å². The Morgan fingerprint density at radius 3 is 2.74 bits per heavy atom. The van der Waals surface area contributed by atoms with Crippen LogP contribution in [0.5, 0.6) is 5.75 Å². The smallest absolute Gasteiger partial charge is 0.263 e. The summed E-state index contributed by atoms with van der Waals surface area (Å²) in [6.45, 7) is 3.28. The van der Waals surface area contributed by atoms with Gasteiger partial charge in [-0.3, -0.25) is 4.79 Å². The van der Waals surface area contributed by atoms with Gasteiger partial charge in [-0.2, -0.15) is 0 Å². The number of hydrogen-bond donors (Lipinski definition) is 0. The van der Waals surface area contributed by atoms with Crippen molar-refractivity contribution >= 4 is 21.8 Å². The molecular weight excluding hydrogens is 313 g/mol. The zero-order valence-electron chi connectivity index (χ0n) is 10.9. The molecule has 1 aliphatic rings. The Morgan fingerprint density at radius 2 is 2.05 bits per heavy atom. The second-order valence-corrected chi connectivity index (χ2v) is 5.58. The number of halogens is 2. The summed E-state index contributed by atoms with van der Waals surface area (Å²) in [5, 5.41) is 0. The van der Waals surface area contributed by atoms with Gasteiger partial charge in [0.05, 0.1) is 4.47 Å². The van der Waals surface area contributed by atoms with Crippen molar-refractivity contribution in [2.45, 2.75) is 32.3 Å². The number of likely N-dealkylation sites (tertiary alicyclic amines) is 1. The number of carbonyl (C=O) groups is 1. The molecule has 0 N–H and O–H groups in total. The average Bonchev–Trinajstić information content (AvgIpc) is 2.43. The molecule has 0 aliphatic carbocycles. The monoisotopic (exact) mass is 329 g/mol. The third-order valence-electron chi connectivity index (χ3n) is 3.21. The molecule has 1 aliphatic heterocycles. The zero-order chi connectivity index (χ0) is 13.8. The topological polar surface area (TPSA) is 29.5 Å². The number of benzene rings is 1. The first kappa shape index (κ1) is 14.3. The molecule has 1 fully saturated rings. The Hall–Kier alpha value is -1.10. The van der Waals surface area contributed by atoms with E-state index >= 15 is 0 Å². The molecule has 2 rings (SSSR count). The van der Waals surface area contributed by atoms with Crippen LogP contribution in [0.15, 0.2) is 22.7 Å². The van der Waals surface area contributed by atoms with Crippen molar-refractivity contribution in [2.75, 3.05) is 13.1 Å². The Morgan fingerprint density at radius 1 is 1.37 bits per heavy atom. The maximum Gasteiger partial charge on any atom is 0.263 e. The van der Waals surface area contributed by atoms with E-state index in [0.29, 0.717) is 10.2 Å². The number of hydrogen-bond acceptors (Lipinski definition) is 2. The van der Waals surface area contributed by atoms with E-state index in [0.717, 1.165) is 25.9 Å². The van der Waals surface area contributed by atoms with Crippen LogP contribution in [0.25, 0.3) is 0 Å². The molecule has 3 nitrogen and oxygen atoms in total. The van der Waals surface area contributed by atoms with Gasteiger partial charge < -0.3 is 9.64 Å². The Balaban J connectivity index is 2.01. The first-order valence-electron chi connectivity index (χ1n) is 6.48. The van der Waals surface area contributed by atoms with Gasteiger partial charge in [0.1, 0.15) is 11.6 Å². The predicted octanol–water partition coefficient (Wildman–Crippen LogP) is 3.37. The second-order valence-electron chi connectivity index (χ2n) is 4.72. The quantitative estimate of drug-likeness (QED) is 0.850. The minimum Gasteiger partial charge on any atom is -0.480 e. The number of nitrogens with zero attached hydrogens (tertiary/aromatic N) is 1. The Kier molecular flexibility index (Phi) is 4.80. The van der Waals surface area contributed by atoms with Gasteiger partial charge in [0.25, 0.3) is 5.91 Å². The van der Waals surface area contributed by atoms with Crippen LogP contribution in [0.4, 0.5) is 4.39 Å². The normalized spacial score (nSPS) is 17.1. The van der Waals surface area contributed by atoms with Crippen LogP contribution < -0.4 is 4.74 Å². The van der Waals surface area contributed by atoms with E-state index in [2.05, 4.69) is 15.9 Å². The highest BCUT2D eigenvalue weighted by molar-refractivity contribution is 9.10. The summed E-state index contributed by atoms with van der Waals surface area (Å²) >= 11 is 3.29. The molecule has 5 heteroatoms. The van der Waals surface area contributed by atoms with Crippen molar-refractivity contribution in [3.05, 3.63) is 28.5 Å². The molecule has 1 unspecified atom stereocenters. The summed E-state index contributed by atoms with van der Waals surface area (Å²) in [4.78, 5) is 14.0. The first-order chi connectivity index (χ1) is 9.08. The lowest BCUT2D eigenvalue weighted by atomic mass is 10.1. The standard InChI is InChI=1S/C14H17BrFNO2/c1-10(14(18)17-7-3-2-4-8-17)19-13-9-11(16)5-6-12(13)15/h5-6,9-10H,2-4,7-8H2,1H3. The summed E-state index contributed by atoms with van der Waals surface area (Å²) in [7, 11) is 0. The van der Waals surface area contributed by atoms with Gasteiger partial charge >= 0.3 is 0 Å². The fraction of sp³-hybridized carbons (Fsp3) is 0.500. The molecule has 0 radical (unpaired) electrons. The third-order valence-corrected chi connectivity index (χ3v) is 3.87. The van der Waals surface area contributed by atoms with Gasteiger partial charge in [0, 0.05) is 19.2 Å². The van der Waals surface area contributed by atoms with Gasteiger partial charge in [-0.05, 0) is 54.2 Å². The molecule has 0 aromatic heterocycles. The van der Waals surface area contributed by atoms with Gasteiger partial charge in [0.15, 0.2) is 6.10 Å². The van der Waals surface area contributed by atoms with E-state index in [9.17, 15) is 9.18 Å². The minimum absolute atomic E-state index is 0.0316. The number of piperidine rings is 1. The molecule has 0 spiro atoms. The number of amides is 1. The Bertz CT molecular complexity index is 461. The number of ether oxygens (including phenoxy) is 1. The van der Waals surface area contributed by atoms with E-state index in [1.54, 1.807) is 13.0 Å². The van der Waals surface area contributed by atoms with Crippen molar-refractivity contribution in [1.82, 2.24) is 4.90 Å².